The van der Waals surface area contributed by atoms with Crippen LogP contribution in [0.1, 0.15) is 18.5 Å². The first-order chi connectivity index (χ1) is 10.5. The number of nitrogens with two attached hydrogens (primary N) is 1. The molecule has 0 bridgehead atoms. The number of rotatable bonds is 3. The maximum absolute atomic E-state index is 11.8. The normalized spacial score (nSPS) is 16.9. The highest BCUT2D eigenvalue weighted by Crippen LogP contribution is 2.34. The lowest BCUT2D eigenvalue weighted by Gasteiger charge is -2.26. The minimum Gasteiger partial charge on any atom is -0.366 e. The van der Waals surface area contributed by atoms with Crippen LogP contribution in [0.3, 0.4) is 0 Å². The topological polar surface area (TPSA) is 142 Å². The summed E-state index contributed by atoms with van der Waals surface area (Å²) in [5.74, 6) is -0.318. The molecule has 1 amide bonds. The maximum Gasteiger partial charge on any atom is 0.269 e. The molecule has 1 aliphatic heterocycles. The number of nitrogens with zero attached hydrogens (tertiary/aromatic N) is 5. The number of amides is 1. The number of carbonyl (C=O) groups excluding carboxylic acids is 1. The Morgan fingerprint density at radius 1 is 1.50 bits per heavy atom. The first-order valence-electron chi connectivity index (χ1n) is 6.29. The summed E-state index contributed by atoms with van der Waals surface area (Å²) in [7, 11) is 0. The molecule has 1 aromatic heterocycles. The molecule has 10 nitrogen and oxygen atoms in total. The van der Waals surface area contributed by atoms with E-state index in [0.29, 0.717) is 17.2 Å². The van der Waals surface area contributed by atoms with Crippen molar-refractivity contribution in [3.63, 3.8) is 0 Å². The fraction of sp³-hybridized carbons (Fsp3) is 0.167. The van der Waals surface area contributed by atoms with Gasteiger partial charge in [0.15, 0.2) is 0 Å². The molecule has 112 valence electrons. The van der Waals surface area contributed by atoms with Crippen LogP contribution in [0.25, 0.3) is 0 Å². The van der Waals surface area contributed by atoms with Crippen LogP contribution in [0.5, 0.6) is 0 Å². The molecule has 0 radical (unpaired) electrons. The first kappa shape index (κ1) is 13.7. The zero-order valence-electron chi connectivity index (χ0n) is 11.4. The highest BCUT2D eigenvalue weighted by Gasteiger charge is 2.33. The lowest BCUT2D eigenvalue weighted by atomic mass is 9.95. The number of anilines is 1. The van der Waals surface area contributed by atoms with Crippen molar-refractivity contribution in [3.05, 3.63) is 51.2 Å². The van der Waals surface area contributed by atoms with Crippen LogP contribution in [0, 0.1) is 10.1 Å². The smallest absolute Gasteiger partial charge is 0.269 e. The van der Waals surface area contributed by atoms with Gasteiger partial charge in [0.25, 0.3) is 5.69 Å². The number of hydrogen-bond acceptors (Lipinski definition) is 7. The van der Waals surface area contributed by atoms with E-state index >= 15 is 0 Å². The van der Waals surface area contributed by atoms with Gasteiger partial charge in [0.1, 0.15) is 6.04 Å². The van der Waals surface area contributed by atoms with Gasteiger partial charge in [0.2, 0.25) is 11.9 Å². The lowest BCUT2D eigenvalue weighted by molar-refractivity contribution is -0.384. The fourth-order valence-electron chi connectivity index (χ4n) is 2.45. The molecule has 3 N–H and O–H groups in total. The third-order valence-electron chi connectivity index (χ3n) is 3.38. The number of aromatic nitrogens is 4. The molecule has 0 spiro atoms. The maximum atomic E-state index is 11.8. The third kappa shape index (κ3) is 2.06. The minimum atomic E-state index is -0.719. The van der Waals surface area contributed by atoms with Crippen molar-refractivity contribution < 1.29 is 9.72 Å². The molecule has 0 saturated carbocycles. The van der Waals surface area contributed by atoms with Gasteiger partial charge in [-0.2, -0.15) is 4.68 Å². The number of nitro groups is 1. The molecule has 3 rings (SSSR count). The number of hydrogen-bond donors (Lipinski definition) is 2. The van der Waals surface area contributed by atoms with Gasteiger partial charge in [0.05, 0.1) is 10.5 Å². The molecule has 0 saturated heterocycles. The van der Waals surface area contributed by atoms with Gasteiger partial charge < -0.3 is 11.1 Å². The average Bonchev–Trinajstić information content (AvgIpc) is 2.93. The fourth-order valence-corrected chi connectivity index (χ4v) is 2.45. The zero-order chi connectivity index (χ0) is 15.9. The standard InChI is InChI=1S/C12H11N7O3/c1-6-9(11(13)20)10(18-12(14-6)15-16-17-18)7-3-2-4-8(5-7)19(21)22/h2-5,10H,1H3,(H2,13,20)(H,14,15,17)/t10-/m0/s1. The van der Waals surface area contributed by atoms with Gasteiger partial charge in [-0.1, -0.05) is 17.2 Å². The summed E-state index contributed by atoms with van der Waals surface area (Å²) in [6.07, 6.45) is 0. The van der Waals surface area contributed by atoms with Crippen molar-refractivity contribution in [2.75, 3.05) is 5.32 Å². The predicted octanol–water partition coefficient (Wildman–Crippen LogP) is 0.355. The van der Waals surface area contributed by atoms with E-state index in [2.05, 4.69) is 20.8 Å². The molecule has 22 heavy (non-hydrogen) atoms. The summed E-state index contributed by atoms with van der Waals surface area (Å²) in [4.78, 5) is 22.3. The van der Waals surface area contributed by atoms with Crippen LogP contribution in [0.4, 0.5) is 11.6 Å². The number of non-ortho nitro benzene ring substituents is 1. The van der Waals surface area contributed by atoms with Crippen molar-refractivity contribution in [2.45, 2.75) is 13.0 Å². The first-order valence-corrected chi connectivity index (χ1v) is 6.29. The molecule has 0 unspecified atom stereocenters. The SMILES string of the molecule is CC1=C(C(N)=O)[C@H](c2cccc([N+](=O)[O-])c2)n2nnnc2N1. The monoisotopic (exact) mass is 301 g/mol. The third-order valence-corrected chi connectivity index (χ3v) is 3.38. The number of allylic oxidation sites excluding steroid dienone is 1. The average molecular weight is 301 g/mol. The van der Waals surface area contributed by atoms with Crippen LogP contribution in [-0.2, 0) is 4.79 Å². The van der Waals surface area contributed by atoms with E-state index in [4.69, 9.17) is 5.73 Å². The molecule has 0 aliphatic carbocycles. The van der Waals surface area contributed by atoms with Crippen LogP contribution >= 0.6 is 0 Å². The van der Waals surface area contributed by atoms with Crippen LogP contribution in [0.2, 0.25) is 0 Å². The molecule has 1 atom stereocenters. The number of fused-ring (bicyclic) bond motifs is 1. The molecule has 1 aliphatic rings. The molecular weight excluding hydrogens is 290 g/mol. The summed E-state index contributed by atoms with van der Waals surface area (Å²) in [5, 5.41) is 25.0. The Balaban J connectivity index is 2.20. The van der Waals surface area contributed by atoms with Crippen molar-refractivity contribution >= 4 is 17.5 Å². The van der Waals surface area contributed by atoms with E-state index < -0.39 is 16.9 Å². The number of nitro benzene ring substituents is 1. The Kier molecular flexibility index (Phi) is 3.05. The Morgan fingerprint density at radius 3 is 2.95 bits per heavy atom. The van der Waals surface area contributed by atoms with E-state index in [9.17, 15) is 14.9 Å². The van der Waals surface area contributed by atoms with Crippen molar-refractivity contribution in [1.82, 2.24) is 20.2 Å². The van der Waals surface area contributed by atoms with E-state index in [0.717, 1.165) is 0 Å². The van der Waals surface area contributed by atoms with Gasteiger partial charge in [-0.25, -0.2) is 0 Å². The molecule has 10 heteroatoms. The second-order valence-electron chi connectivity index (χ2n) is 4.73. The molecular formula is C12H11N7O3. The summed E-state index contributed by atoms with van der Waals surface area (Å²) in [5.41, 5.74) is 6.62. The van der Waals surface area contributed by atoms with Gasteiger partial charge in [0, 0.05) is 17.8 Å². The second kappa shape index (κ2) is 4.91. The van der Waals surface area contributed by atoms with Gasteiger partial charge in [-0.15, -0.1) is 0 Å². The van der Waals surface area contributed by atoms with Crippen molar-refractivity contribution in [2.24, 2.45) is 5.73 Å². The van der Waals surface area contributed by atoms with E-state index in [1.165, 1.54) is 22.9 Å². The number of nitrogens with one attached hydrogen (secondary N) is 1. The molecule has 2 heterocycles. The quantitative estimate of drug-likeness (QED) is 0.615. The number of benzene rings is 1. The van der Waals surface area contributed by atoms with Crippen LogP contribution in [-0.4, -0.2) is 31.0 Å². The lowest BCUT2D eigenvalue weighted by Crippen LogP contribution is -2.31. The highest BCUT2D eigenvalue weighted by atomic mass is 16.6. The second-order valence-corrected chi connectivity index (χ2v) is 4.73. The molecule has 2 aromatic rings. The van der Waals surface area contributed by atoms with E-state index in [1.807, 2.05) is 0 Å². The molecule has 0 fully saturated rings. The zero-order valence-corrected chi connectivity index (χ0v) is 11.4. The Hall–Kier alpha value is -3.30. The Labute approximate surface area is 123 Å². The van der Waals surface area contributed by atoms with Gasteiger partial charge in [-0.3, -0.25) is 14.9 Å². The van der Waals surface area contributed by atoms with Crippen LogP contribution < -0.4 is 11.1 Å². The van der Waals surface area contributed by atoms with E-state index in [-0.39, 0.29) is 11.3 Å². The highest BCUT2D eigenvalue weighted by molar-refractivity contribution is 5.95. The summed E-state index contributed by atoms with van der Waals surface area (Å²) in [6, 6.07) is 5.21. The number of primary amides is 1. The molecule has 1 aromatic carbocycles. The Bertz CT molecular complexity index is 811. The Morgan fingerprint density at radius 2 is 2.27 bits per heavy atom. The van der Waals surface area contributed by atoms with Crippen molar-refractivity contribution in [3.8, 4) is 0 Å². The largest absolute Gasteiger partial charge is 0.366 e. The van der Waals surface area contributed by atoms with E-state index in [1.54, 1.807) is 13.0 Å². The number of carbonyl (C=O) groups is 1. The van der Waals surface area contributed by atoms with Gasteiger partial charge in [-0.05, 0) is 22.9 Å². The van der Waals surface area contributed by atoms with Crippen molar-refractivity contribution in [1.29, 1.82) is 0 Å². The summed E-state index contributed by atoms with van der Waals surface area (Å²) < 4.78 is 1.37. The number of tetrazole rings is 1. The minimum absolute atomic E-state index is 0.0906. The summed E-state index contributed by atoms with van der Waals surface area (Å²) >= 11 is 0. The predicted molar refractivity (Wildman–Crippen MR) is 74.6 cm³/mol. The van der Waals surface area contributed by atoms with Gasteiger partial charge >= 0.3 is 0 Å². The summed E-state index contributed by atoms with van der Waals surface area (Å²) in [6.45, 7) is 1.67. The van der Waals surface area contributed by atoms with Crippen LogP contribution in [0.15, 0.2) is 35.5 Å².